The Kier molecular flexibility index (Phi) is 7.76. The zero-order chi connectivity index (χ0) is 25.6. The number of halogens is 1. The molecule has 0 bridgehead atoms. The molecule has 0 aliphatic carbocycles. The monoisotopic (exact) mass is 563 g/mol. The summed E-state index contributed by atoms with van der Waals surface area (Å²) in [4.78, 5) is 32.6. The molecule has 1 unspecified atom stereocenters. The normalized spacial score (nSPS) is 15.9. The highest BCUT2D eigenvalue weighted by atomic mass is 79.9. The Morgan fingerprint density at radius 2 is 1.92 bits per heavy atom. The molecule has 0 spiro atoms. The van der Waals surface area contributed by atoms with Crippen LogP contribution in [0, 0.1) is 5.92 Å². The van der Waals surface area contributed by atoms with Gasteiger partial charge >= 0.3 is 0 Å². The van der Waals surface area contributed by atoms with E-state index in [1.807, 2.05) is 24.3 Å². The largest absolute Gasteiger partial charge is 0.467 e. The molecule has 2 aromatic carbocycles. The van der Waals surface area contributed by atoms with Crippen LogP contribution in [-0.4, -0.2) is 39.9 Å². The van der Waals surface area contributed by atoms with Crippen molar-refractivity contribution in [1.82, 2.24) is 20.4 Å². The van der Waals surface area contributed by atoms with Gasteiger partial charge in [0.2, 0.25) is 17.6 Å². The number of anilines is 1. The molecule has 5 rings (SSSR count). The summed E-state index contributed by atoms with van der Waals surface area (Å²) in [6, 6.07) is 18.3. The summed E-state index contributed by atoms with van der Waals surface area (Å²) < 4.78 is 11.7. The number of nitrogens with zero attached hydrogens (tertiary/aromatic N) is 3. The molecule has 37 heavy (non-hydrogen) atoms. The molecule has 1 saturated heterocycles. The number of carbonyl (C=O) groups excluding carboxylic acids is 2. The van der Waals surface area contributed by atoms with Crippen molar-refractivity contribution in [2.45, 2.75) is 25.9 Å². The summed E-state index contributed by atoms with van der Waals surface area (Å²) in [5.74, 6) is 1.09. The van der Waals surface area contributed by atoms with Crippen LogP contribution in [0.2, 0.25) is 0 Å². The van der Waals surface area contributed by atoms with Crippen LogP contribution in [0.3, 0.4) is 0 Å². The molecule has 9 nitrogen and oxygen atoms in total. The van der Waals surface area contributed by atoms with Crippen LogP contribution in [0.25, 0.3) is 11.4 Å². The van der Waals surface area contributed by atoms with E-state index in [-0.39, 0.29) is 24.3 Å². The predicted octanol–water partition coefficient (Wildman–Crippen LogP) is 4.87. The van der Waals surface area contributed by atoms with E-state index in [2.05, 4.69) is 41.6 Å². The average Bonchev–Trinajstić information content (AvgIpc) is 3.61. The van der Waals surface area contributed by atoms with Crippen molar-refractivity contribution in [3.63, 3.8) is 0 Å². The van der Waals surface area contributed by atoms with Crippen molar-refractivity contribution in [2.75, 3.05) is 18.4 Å². The maximum Gasteiger partial charge on any atom is 0.253 e. The van der Waals surface area contributed by atoms with Crippen molar-refractivity contribution in [3.05, 3.63) is 88.6 Å². The van der Waals surface area contributed by atoms with Gasteiger partial charge in [-0.05, 0) is 67.9 Å². The third-order valence-electron chi connectivity index (χ3n) is 6.24. The number of hydrogen-bond acceptors (Lipinski definition) is 7. The molecule has 1 aliphatic heterocycles. The van der Waals surface area contributed by atoms with Gasteiger partial charge in [-0.2, -0.15) is 4.98 Å². The SMILES string of the molecule is O=C(NCc1ccco1)c1ccccc1NC(=O)C1CCCN(Cc2nc(-c3ccc(Br)cc3)no2)C1. The molecule has 1 aliphatic rings. The van der Waals surface area contributed by atoms with Gasteiger partial charge in [0.05, 0.1) is 36.5 Å². The minimum absolute atomic E-state index is 0.114. The van der Waals surface area contributed by atoms with E-state index in [0.717, 1.165) is 29.4 Å². The standard InChI is InChI=1S/C27H26BrN5O4/c28-20-11-9-18(10-12-20)25-31-24(37-32-25)17-33-13-3-5-19(16-33)26(34)30-23-8-2-1-7-22(23)27(35)29-15-21-6-4-14-36-21/h1-2,4,6-12,14,19H,3,5,13,15-17H2,(H,29,35)(H,30,34). The topological polar surface area (TPSA) is 114 Å². The second-order valence-corrected chi connectivity index (χ2v) is 9.81. The van der Waals surface area contributed by atoms with Crippen molar-refractivity contribution in [2.24, 2.45) is 5.92 Å². The molecule has 0 radical (unpaired) electrons. The highest BCUT2D eigenvalue weighted by Gasteiger charge is 2.28. The number of hydrogen-bond donors (Lipinski definition) is 2. The highest BCUT2D eigenvalue weighted by molar-refractivity contribution is 9.10. The van der Waals surface area contributed by atoms with E-state index in [9.17, 15) is 9.59 Å². The molecule has 10 heteroatoms. The lowest BCUT2D eigenvalue weighted by Crippen LogP contribution is -2.40. The summed E-state index contributed by atoms with van der Waals surface area (Å²) >= 11 is 3.43. The second-order valence-electron chi connectivity index (χ2n) is 8.89. The molecule has 4 aromatic rings. The Morgan fingerprint density at radius 3 is 2.73 bits per heavy atom. The maximum absolute atomic E-state index is 13.2. The average molecular weight is 564 g/mol. The van der Waals surface area contributed by atoms with Crippen LogP contribution in [0.5, 0.6) is 0 Å². The molecule has 2 aromatic heterocycles. The first-order valence-corrected chi connectivity index (χ1v) is 12.9. The summed E-state index contributed by atoms with van der Waals surface area (Å²) in [6.07, 6.45) is 3.20. The minimum atomic E-state index is -0.282. The maximum atomic E-state index is 13.2. The number of likely N-dealkylation sites (tertiary alicyclic amines) is 1. The van der Waals surface area contributed by atoms with Crippen LogP contribution in [-0.2, 0) is 17.9 Å². The van der Waals surface area contributed by atoms with Crippen molar-refractivity contribution < 1.29 is 18.5 Å². The molecular weight excluding hydrogens is 538 g/mol. The number of amides is 2. The van der Waals surface area contributed by atoms with Crippen LogP contribution in [0.1, 0.15) is 34.9 Å². The zero-order valence-electron chi connectivity index (χ0n) is 20.0. The lowest BCUT2D eigenvalue weighted by atomic mass is 9.96. The molecule has 0 saturated carbocycles. The number of piperidine rings is 1. The van der Waals surface area contributed by atoms with E-state index in [0.29, 0.717) is 41.8 Å². The molecule has 3 heterocycles. The van der Waals surface area contributed by atoms with Gasteiger partial charge in [-0.1, -0.05) is 33.2 Å². The Morgan fingerprint density at radius 1 is 1.08 bits per heavy atom. The van der Waals surface area contributed by atoms with Crippen molar-refractivity contribution in [1.29, 1.82) is 0 Å². The van der Waals surface area contributed by atoms with Crippen LogP contribution < -0.4 is 10.6 Å². The Balaban J connectivity index is 1.19. The fourth-order valence-electron chi connectivity index (χ4n) is 4.34. The first-order chi connectivity index (χ1) is 18.0. The van der Waals surface area contributed by atoms with Gasteiger partial charge in [-0.25, -0.2) is 0 Å². The number of aromatic nitrogens is 2. The van der Waals surface area contributed by atoms with Crippen LogP contribution in [0.15, 0.2) is 80.3 Å². The fourth-order valence-corrected chi connectivity index (χ4v) is 4.60. The number of nitrogens with one attached hydrogen (secondary N) is 2. The van der Waals surface area contributed by atoms with E-state index in [1.165, 1.54) is 0 Å². The fraction of sp³-hybridized carbons (Fsp3) is 0.259. The zero-order valence-corrected chi connectivity index (χ0v) is 21.6. The van der Waals surface area contributed by atoms with Crippen LogP contribution in [0.4, 0.5) is 5.69 Å². The number of benzene rings is 2. The lowest BCUT2D eigenvalue weighted by Gasteiger charge is -2.31. The Labute approximate surface area is 222 Å². The van der Waals surface area contributed by atoms with Gasteiger partial charge in [-0.3, -0.25) is 14.5 Å². The van der Waals surface area contributed by atoms with Gasteiger partial charge < -0.3 is 19.6 Å². The molecule has 2 N–H and O–H groups in total. The summed E-state index contributed by atoms with van der Waals surface area (Å²) in [5, 5.41) is 9.89. The van der Waals surface area contributed by atoms with Gasteiger partial charge in [0.15, 0.2) is 0 Å². The van der Waals surface area contributed by atoms with Gasteiger partial charge in [0.25, 0.3) is 5.91 Å². The highest BCUT2D eigenvalue weighted by Crippen LogP contribution is 2.23. The summed E-state index contributed by atoms with van der Waals surface area (Å²) in [6.45, 7) is 2.14. The smallest absolute Gasteiger partial charge is 0.253 e. The molecule has 1 fully saturated rings. The Bertz CT molecular complexity index is 1350. The van der Waals surface area contributed by atoms with Crippen molar-refractivity contribution in [3.8, 4) is 11.4 Å². The molecular formula is C27H26BrN5O4. The first kappa shape index (κ1) is 24.9. The minimum Gasteiger partial charge on any atom is -0.467 e. The van der Waals surface area contributed by atoms with E-state index in [4.69, 9.17) is 8.94 Å². The number of para-hydroxylation sites is 1. The number of furan rings is 1. The third-order valence-corrected chi connectivity index (χ3v) is 6.77. The van der Waals surface area contributed by atoms with E-state index in [1.54, 1.807) is 42.7 Å². The third kappa shape index (κ3) is 6.33. The lowest BCUT2D eigenvalue weighted by molar-refractivity contribution is -0.121. The number of carbonyl (C=O) groups is 2. The molecule has 1 atom stereocenters. The van der Waals surface area contributed by atoms with Crippen LogP contribution >= 0.6 is 15.9 Å². The predicted molar refractivity (Wildman–Crippen MR) is 140 cm³/mol. The number of rotatable bonds is 8. The van der Waals surface area contributed by atoms with E-state index < -0.39 is 0 Å². The van der Waals surface area contributed by atoms with Gasteiger partial charge in [0.1, 0.15) is 5.76 Å². The summed E-state index contributed by atoms with van der Waals surface area (Å²) in [7, 11) is 0. The van der Waals surface area contributed by atoms with E-state index >= 15 is 0 Å². The summed E-state index contributed by atoms with van der Waals surface area (Å²) in [5.41, 5.74) is 1.76. The molecule has 190 valence electrons. The quantitative estimate of drug-likeness (QED) is 0.314. The van der Waals surface area contributed by atoms with Gasteiger partial charge in [-0.15, -0.1) is 0 Å². The van der Waals surface area contributed by atoms with Crippen molar-refractivity contribution >= 4 is 33.4 Å². The Hall–Kier alpha value is -3.76. The second kappa shape index (κ2) is 11.5. The first-order valence-electron chi connectivity index (χ1n) is 12.1. The molecule has 2 amide bonds. The van der Waals surface area contributed by atoms with Gasteiger partial charge in [0, 0.05) is 16.6 Å².